The van der Waals surface area contributed by atoms with Crippen molar-refractivity contribution in [3.05, 3.63) is 23.9 Å². The van der Waals surface area contributed by atoms with Gasteiger partial charge in [0.05, 0.1) is 6.61 Å². The molecule has 0 radical (unpaired) electrons. The summed E-state index contributed by atoms with van der Waals surface area (Å²) in [6.45, 7) is 5.62. The molecule has 0 unspecified atom stereocenters. The first-order chi connectivity index (χ1) is 13.5. The fraction of sp³-hybridized carbons (Fsp3) is 0.632. The number of aliphatic carboxylic acids is 2. The van der Waals surface area contributed by atoms with Gasteiger partial charge in [0.2, 0.25) is 5.88 Å². The van der Waals surface area contributed by atoms with Gasteiger partial charge in [-0.25, -0.2) is 9.59 Å². The standard InChI is InChI=1S/C15H25N3OS.C4H4O4/c1-2-7-18-14(5-1)13-15(16-18)19-10-4-3-6-17-8-11-20-12-9-17;5-3(6)1-2-4(7)8/h13H,1-12H2;1-2H,(H,5,6)(H,7,8)/b;2-1-. The molecule has 0 bridgehead atoms. The topological polar surface area (TPSA) is 105 Å². The molecule has 0 aromatic carbocycles. The van der Waals surface area contributed by atoms with Crippen molar-refractivity contribution in [2.24, 2.45) is 0 Å². The van der Waals surface area contributed by atoms with Gasteiger partial charge in [-0.05, 0) is 38.6 Å². The molecule has 0 saturated carbocycles. The zero-order chi connectivity index (χ0) is 20.2. The third kappa shape index (κ3) is 8.79. The lowest BCUT2D eigenvalue weighted by atomic mass is 10.1. The van der Waals surface area contributed by atoms with Gasteiger partial charge in [0.15, 0.2) is 0 Å². The SMILES string of the molecule is O=C(O)/C=C\C(=O)O.c1c(OCCCCN2CCSCC2)nn2c1CCCC2. The van der Waals surface area contributed by atoms with Crippen LogP contribution in [0.4, 0.5) is 0 Å². The largest absolute Gasteiger partial charge is 0.478 e. The number of aryl methyl sites for hydroxylation is 2. The Balaban J connectivity index is 0.000000300. The smallest absolute Gasteiger partial charge is 0.328 e. The number of nitrogens with zero attached hydrogens (tertiary/aromatic N) is 3. The second-order valence-electron chi connectivity index (χ2n) is 6.67. The average Bonchev–Trinajstić information content (AvgIpc) is 3.10. The Hall–Kier alpha value is -2.00. The molecule has 1 saturated heterocycles. The number of aromatic nitrogens is 2. The highest BCUT2D eigenvalue weighted by Gasteiger charge is 2.13. The first-order valence-corrected chi connectivity index (χ1v) is 10.8. The summed E-state index contributed by atoms with van der Waals surface area (Å²) >= 11 is 2.08. The van der Waals surface area contributed by atoms with E-state index in [4.69, 9.17) is 14.9 Å². The van der Waals surface area contributed by atoms with Crippen LogP contribution < -0.4 is 4.74 Å². The first-order valence-electron chi connectivity index (χ1n) is 9.68. The number of carboxylic acids is 2. The lowest BCUT2D eigenvalue weighted by Gasteiger charge is -2.25. The summed E-state index contributed by atoms with van der Waals surface area (Å²) in [5.74, 6) is 0.920. The van der Waals surface area contributed by atoms with Crippen LogP contribution in [0.2, 0.25) is 0 Å². The number of hydrogen-bond acceptors (Lipinski definition) is 6. The maximum absolute atomic E-state index is 9.55. The molecule has 0 aliphatic carbocycles. The molecular weight excluding hydrogens is 382 g/mol. The summed E-state index contributed by atoms with van der Waals surface area (Å²) in [5.41, 5.74) is 1.34. The minimum absolute atomic E-state index is 0.558. The highest BCUT2D eigenvalue weighted by atomic mass is 32.2. The van der Waals surface area contributed by atoms with Gasteiger partial charge in [0.1, 0.15) is 0 Å². The van der Waals surface area contributed by atoms with Crippen LogP contribution in [-0.2, 0) is 22.6 Å². The quantitative estimate of drug-likeness (QED) is 0.495. The van der Waals surface area contributed by atoms with Gasteiger partial charge in [-0.1, -0.05) is 0 Å². The van der Waals surface area contributed by atoms with Gasteiger partial charge in [0, 0.05) is 55.1 Å². The maximum Gasteiger partial charge on any atom is 0.328 e. The van der Waals surface area contributed by atoms with E-state index in [1.807, 2.05) is 0 Å². The second kappa shape index (κ2) is 12.5. The summed E-state index contributed by atoms with van der Waals surface area (Å²) in [4.78, 5) is 21.7. The summed E-state index contributed by atoms with van der Waals surface area (Å²) in [5, 5.41) is 20.1. The van der Waals surface area contributed by atoms with E-state index in [1.54, 1.807) is 0 Å². The number of fused-ring (bicyclic) bond motifs is 1. The molecular formula is C19H29N3O5S. The summed E-state index contributed by atoms with van der Waals surface area (Å²) in [6, 6.07) is 2.13. The Morgan fingerprint density at radius 3 is 2.46 bits per heavy atom. The van der Waals surface area contributed by atoms with E-state index in [1.165, 1.54) is 56.1 Å². The van der Waals surface area contributed by atoms with Crippen molar-refractivity contribution in [3.8, 4) is 5.88 Å². The zero-order valence-electron chi connectivity index (χ0n) is 16.1. The number of unbranched alkanes of at least 4 members (excludes halogenated alkanes) is 1. The van der Waals surface area contributed by atoms with Gasteiger partial charge in [-0.3, -0.25) is 4.68 Å². The minimum atomic E-state index is -1.26. The molecule has 2 aliphatic heterocycles. The summed E-state index contributed by atoms with van der Waals surface area (Å²) in [7, 11) is 0. The van der Waals surface area contributed by atoms with Crippen LogP contribution in [0.25, 0.3) is 0 Å². The van der Waals surface area contributed by atoms with Crippen LogP contribution in [0.15, 0.2) is 18.2 Å². The van der Waals surface area contributed by atoms with Crippen LogP contribution in [-0.4, -0.2) is 74.6 Å². The van der Waals surface area contributed by atoms with Crippen molar-refractivity contribution in [2.75, 3.05) is 37.7 Å². The number of carboxylic acid groups (broad SMARTS) is 2. The third-order valence-electron chi connectivity index (χ3n) is 4.48. The molecule has 0 spiro atoms. The highest BCUT2D eigenvalue weighted by molar-refractivity contribution is 7.99. The molecule has 2 N–H and O–H groups in total. The van der Waals surface area contributed by atoms with Gasteiger partial charge in [0.25, 0.3) is 0 Å². The molecule has 1 fully saturated rings. The van der Waals surface area contributed by atoms with Crippen LogP contribution in [0.1, 0.15) is 31.4 Å². The minimum Gasteiger partial charge on any atom is -0.478 e. The van der Waals surface area contributed by atoms with Crippen molar-refractivity contribution in [1.82, 2.24) is 14.7 Å². The van der Waals surface area contributed by atoms with Crippen LogP contribution in [0.5, 0.6) is 5.88 Å². The van der Waals surface area contributed by atoms with E-state index < -0.39 is 11.9 Å². The maximum atomic E-state index is 9.55. The molecule has 0 atom stereocenters. The van der Waals surface area contributed by atoms with E-state index in [0.717, 1.165) is 31.9 Å². The summed E-state index contributed by atoms with van der Waals surface area (Å²) < 4.78 is 7.91. The predicted octanol–water partition coefficient (Wildman–Crippen LogP) is 2.14. The van der Waals surface area contributed by atoms with Crippen molar-refractivity contribution >= 4 is 23.7 Å². The molecule has 28 heavy (non-hydrogen) atoms. The molecule has 1 aromatic heterocycles. The van der Waals surface area contributed by atoms with Crippen molar-refractivity contribution in [1.29, 1.82) is 0 Å². The van der Waals surface area contributed by atoms with Gasteiger partial charge < -0.3 is 19.8 Å². The van der Waals surface area contributed by atoms with Crippen LogP contribution >= 0.6 is 11.8 Å². The number of hydrogen-bond donors (Lipinski definition) is 2. The Labute approximate surface area is 169 Å². The Morgan fingerprint density at radius 2 is 1.82 bits per heavy atom. The van der Waals surface area contributed by atoms with Crippen LogP contribution in [0, 0.1) is 0 Å². The molecule has 9 heteroatoms. The summed E-state index contributed by atoms with van der Waals surface area (Å²) in [6.07, 6.45) is 7.18. The Morgan fingerprint density at radius 1 is 1.11 bits per heavy atom. The number of ether oxygens (including phenoxy) is 1. The van der Waals surface area contributed by atoms with E-state index in [-0.39, 0.29) is 0 Å². The normalized spacial score (nSPS) is 16.9. The lowest BCUT2D eigenvalue weighted by Crippen LogP contribution is -2.33. The number of carbonyl (C=O) groups is 2. The Kier molecular flexibility index (Phi) is 9.92. The molecule has 8 nitrogen and oxygen atoms in total. The predicted molar refractivity (Wildman–Crippen MR) is 108 cm³/mol. The molecule has 156 valence electrons. The second-order valence-corrected chi connectivity index (χ2v) is 7.90. The number of thioether (sulfide) groups is 1. The van der Waals surface area contributed by atoms with E-state index in [0.29, 0.717) is 12.2 Å². The molecule has 0 amide bonds. The van der Waals surface area contributed by atoms with Crippen LogP contribution in [0.3, 0.4) is 0 Å². The van der Waals surface area contributed by atoms with E-state index in [9.17, 15) is 9.59 Å². The number of rotatable bonds is 8. The zero-order valence-corrected chi connectivity index (χ0v) is 16.9. The molecule has 2 aliphatic rings. The van der Waals surface area contributed by atoms with E-state index in [2.05, 4.69) is 32.5 Å². The van der Waals surface area contributed by atoms with Gasteiger partial charge in [-0.15, -0.1) is 5.10 Å². The van der Waals surface area contributed by atoms with Crippen molar-refractivity contribution in [3.63, 3.8) is 0 Å². The molecule has 3 heterocycles. The average molecular weight is 412 g/mol. The van der Waals surface area contributed by atoms with Gasteiger partial charge in [-0.2, -0.15) is 11.8 Å². The fourth-order valence-corrected chi connectivity index (χ4v) is 4.02. The fourth-order valence-electron chi connectivity index (χ4n) is 3.04. The van der Waals surface area contributed by atoms with Crippen molar-refractivity contribution < 1.29 is 24.5 Å². The van der Waals surface area contributed by atoms with E-state index >= 15 is 0 Å². The lowest BCUT2D eigenvalue weighted by molar-refractivity contribution is -0.134. The highest BCUT2D eigenvalue weighted by Crippen LogP contribution is 2.19. The third-order valence-corrected chi connectivity index (χ3v) is 5.43. The molecule has 1 aromatic rings. The van der Waals surface area contributed by atoms with Crippen molar-refractivity contribution in [2.45, 2.75) is 38.6 Å². The first kappa shape index (κ1) is 22.3. The Bertz CT molecular complexity index is 616. The molecule has 3 rings (SSSR count). The monoisotopic (exact) mass is 411 g/mol. The van der Waals surface area contributed by atoms with Gasteiger partial charge >= 0.3 is 11.9 Å².